The van der Waals surface area contributed by atoms with Crippen molar-refractivity contribution in [3.8, 4) is 0 Å². The van der Waals surface area contributed by atoms with Gasteiger partial charge in [0.2, 0.25) is 0 Å². The highest BCUT2D eigenvalue weighted by molar-refractivity contribution is 5.95. The molecule has 1 aliphatic carbocycles. The van der Waals surface area contributed by atoms with Gasteiger partial charge in [0.05, 0.1) is 18.7 Å². The van der Waals surface area contributed by atoms with Crippen LogP contribution in [-0.2, 0) is 4.74 Å². The summed E-state index contributed by atoms with van der Waals surface area (Å²) in [7, 11) is 1.39. The van der Waals surface area contributed by atoms with Crippen molar-refractivity contribution in [3.63, 3.8) is 0 Å². The highest BCUT2D eigenvalue weighted by Crippen LogP contribution is 2.49. The first kappa shape index (κ1) is 16.6. The summed E-state index contributed by atoms with van der Waals surface area (Å²) >= 11 is 0. The summed E-state index contributed by atoms with van der Waals surface area (Å²) < 4.78 is 4.78. The molecule has 2 aromatic rings. The lowest BCUT2D eigenvalue weighted by Gasteiger charge is -2.37. The van der Waals surface area contributed by atoms with Crippen LogP contribution < -0.4 is 5.32 Å². The number of hydrogen-bond acceptors (Lipinski definition) is 4. The second-order valence-electron chi connectivity index (χ2n) is 6.95. The van der Waals surface area contributed by atoms with E-state index in [1.165, 1.54) is 12.7 Å². The van der Waals surface area contributed by atoms with Crippen LogP contribution in [0.15, 0.2) is 54.6 Å². The van der Waals surface area contributed by atoms with Gasteiger partial charge in [0.15, 0.2) is 5.78 Å². The number of nitrogens with one attached hydrogen (secondary N) is 1. The molecule has 2 aromatic carbocycles. The Kier molecular flexibility index (Phi) is 4.11. The molecule has 3 unspecified atom stereocenters. The summed E-state index contributed by atoms with van der Waals surface area (Å²) in [6.45, 7) is 1.60. The van der Waals surface area contributed by atoms with E-state index in [2.05, 4.69) is 17.5 Å². The third-order valence-electron chi connectivity index (χ3n) is 5.46. The number of Topliss-reactive ketones (excluding diaryl/α,β-unsaturated/α-hetero) is 1. The Morgan fingerprint density at radius 1 is 1.08 bits per heavy atom. The number of esters is 1. The van der Waals surface area contributed by atoms with E-state index >= 15 is 0 Å². The number of ketones is 1. The number of rotatable bonds is 3. The van der Waals surface area contributed by atoms with Gasteiger partial charge in [-0.3, -0.25) is 4.79 Å². The molecule has 4 rings (SSSR count). The molecule has 0 bridgehead atoms. The van der Waals surface area contributed by atoms with Gasteiger partial charge in [-0.1, -0.05) is 24.3 Å². The molecule has 0 amide bonds. The van der Waals surface area contributed by atoms with E-state index < -0.39 is 0 Å². The summed E-state index contributed by atoms with van der Waals surface area (Å²) in [5.41, 5.74) is 4.73. The van der Waals surface area contributed by atoms with Crippen LogP contribution in [0, 0.1) is 5.92 Å². The predicted octanol–water partition coefficient (Wildman–Crippen LogP) is 4.50. The lowest BCUT2D eigenvalue weighted by Crippen LogP contribution is -2.29. The number of benzene rings is 2. The quantitative estimate of drug-likeness (QED) is 0.504. The van der Waals surface area contributed by atoms with E-state index in [9.17, 15) is 9.59 Å². The molecule has 0 saturated heterocycles. The smallest absolute Gasteiger partial charge is 0.337 e. The van der Waals surface area contributed by atoms with Crippen molar-refractivity contribution in [2.24, 2.45) is 5.92 Å². The maximum absolute atomic E-state index is 11.7. The molecule has 0 spiro atoms. The van der Waals surface area contributed by atoms with Gasteiger partial charge in [0.1, 0.15) is 0 Å². The van der Waals surface area contributed by atoms with Crippen molar-refractivity contribution in [2.75, 3.05) is 12.4 Å². The lowest BCUT2D eigenvalue weighted by atomic mass is 9.76. The monoisotopic (exact) mass is 347 g/mol. The molecule has 0 radical (unpaired) electrons. The van der Waals surface area contributed by atoms with Gasteiger partial charge in [-0.15, -0.1) is 0 Å². The fraction of sp³-hybridized carbons (Fsp3) is 0.273. The van der Waals surface area contributed by atoms with Crippen molar-refractivity contribution in [2.45, 2.75) is 25.3 Å². The Bertz CT molecular complexity index is 898. The molecule has 132 valence electrons. The SMILES string of the molecule is COC(=O)c1ccc(C2Nc3ccc(C(C)=O)cc3C3C=CCC32)cc1. The summed E-state index contributed by atoms with van der Waals surface area (Å²) in [5.74, 6) is 0.465. The van der Waals surface area contributed by atoms with Crippen LogP contribution in [0.5, 0.6) is 0 Å². The van der Waals surface area contributed by atoms with Gasteiger partial charge in [-0.2, -0.15) is 0 Å². The Hall–Kier alpha value is -2.88. The Morgan fingerprint density at radius 3 is 2.50 bits per heavy atom. The van der Waals surface area contributed by atoms with E-state index in [0.29, 0.717) is 17.4 Å². The van der Waals surface area contributed by atoms with Crippen LogP contribution in [0.25, 0.3) is 0 Å². The molecule has 1 aliphatic heterocycles. The molecule has 1 heterocycles. The van der Waals surface area contributed by atoms with Gasteiger partial charge >= 0.3 is 5.97 Å². The number of methoxy groups -OCH3 is 1. The summed E-state index contributed by atoms with van der Waals surface area (Å²) in [4.78, 5) is 23.4. The van der Waals surface area contributed by atoms with Gasteiger partial charge in [-0.25, -0.2) is 4.79 Å². The Morgan fingerprint density at radius 2 is 1.81 bits per heavy atom. The summed E-state index contributed by atoms with van der Waals surface area (Å²) in [6, 6.07) is 13.7. The van der Waals surface area contributed by atoms with E-state index in [0.717, 1.165) is 23.2 Å². The number of allylic oxidation sites excluding steroid dienone is 2. The van der Waals surface area contributed by atoms with Gasteiger partial charge < -0.3 is 10.1 Å². The second kappa shape index (κ2) is 6.45. The number of hydrogen-bond donors (Lipinski definition) is 1. The van der Waals surface area contributed by atoms with Crippen molar-refractivity contribution < 1.29 is 14.3 Å². The van der Waals surface area contributed by atoms with Gasteiger partial charge in [0, 0.05) is 17.2 Å². The van der Waals surface area contributed by atoms with Crippen LogP contribution in [-0.4, -0.2) is 18.9 Å². The standard InChI is InChI=1S/C22H21NO3/c1-13(24)16-10-11-20-19(12-16)17-4-3-5-18(17)21(23-20)14-6-8-15(9-7-14)22(25)26-2/h3-4,6-12,17-18,21,23H,5H2,1-2H3. The molecule has 0 aromatic heterocycles. The zero-order valence-corrected chi connectivity index (χ0v) is 14.9. The molecule has 4 nitrogen and oxygen atoms in total. The fourth-order valence-electron chi connectivity index (χ4n) is 4.09. The van der Waals surface area contributed by atoms with E-state index in [1.54, 1.807) is 6.92 Å². The highest BCUT2D eigenvalue weighted by atomic mass is 16.5. The molecule has 2 aliphatic rings. The van der Waals surface area contributed by atoms with Crippen LogP contribution in [0.1, 0.15) is 57.1 Å². The van der Waals surface area contributed by atoms with Crippen LogP contribution in [0.3, 0.4) is 0 Å². The number of carbonyl (C=O) groups excluding carboxylic acids is 2. The maximum Gasteiger partial charge on any atom is 0.337 e. The molecular formula is C22H21NO3. The molecule has 1 N–H and O–H groups in total. The maximum atomic E-state index is 11.7. The minimum Gasteiger partial charge on any atom is -0.465 e. The van der Waals surface area contributed by atoms with Crippen LogP contribution in [0.4, 0.5) is 5.69 Å². The molecule has 0 saturated carbocycles. The van der Waals surface area contributed by atoms with Gasteiger partial charge in [0.25, 0.3) is 0 Å². The number of ether oxygens (including phenoxy) is 1. The van der Waals surface area contributed by atoms with E-state index in [1.807, 2.05) is 42.5 Å². The minimum absolute atomic E-state index is 0.0897. The zero-order chi connectivity index (χ0) is 18.3. The van der Waals surface area contributed by atoms with Crippen molar-refractivity contribution >= 4 is 17.4 Å². The normalized spacial score (nSPS) is 22.9. The Labute approximate surface area is 152 Å². The van der Waals surface area contributed by atoms with E-state index in [-0.39, 0.29) is 17.8 Å². The van der Waals surface area contributed by atoms with Crippen molar-refractivity contribution in [3.05, 3.63) is 76.9 Å². The summed E-state index contributed by atoms with van der Waals surface area (Å²) in [6.07, 6.45) is 5.47. The number of fused-ring (bicyclic) bond motifs is 3. The molecular weight excluding hydrogens is 326 g/mol. The first-order chi connectivity index (χ1) is 12.6. The minimum atomic E-state index is -0.323. The van der Waals surface area contributed by atoms with Crippen LogP contribution >= 0.6 is 0 Å². The first-order valence-electron chi connectivity index (χ1n) is 8.85. The Balaban J connectivity index is 1.69. The fourth-order valence-corrected chi connectivity index (χ4v) is 4.09. The molecule has 4 heteroatoms. The topological polar surface area (TPSA) is 55.4 Å². The largest absolute Gasteiger partial charge is 0.465 e. The third-order valence-corrected chi connectivity index (χ3v) is 5.46. The molecule has 0 fully saturated rings. The van der Waals surface area contributed by atoms with E-state index in [4.69, 9.17) is 4.74 Å². The third kappa shape index (κ3) is 2.71. The average Bonchev–Trinajstić information content (AvgIpc) is 3.16. The van der Waals surface area contributed by atoms with Crippen molar-refractivity contribution in [1.82, 2.24) is 0 Å². The summed E-state index contributed by atoms with van der Waals surface area (Å²) in [5, 5.41) is 3.65. The number of carbonyl (C=O) groups is 2. The van der Waals surface area contributed by atoms with Crippen LogP contribution in [0.2, 0.25) is 0 Å². The second-order valence-corrected chi connectivity index (χ2v) is 6.95. The zero-order valence-electron chi connectivity index (χ0n) is 14.9. The van der Waals surface area contributed by atoms with Crippen molar-refractivity contribution in [1.29, 1.82) is 0 Å². The highest BCUT2D eigenvalue weighted by Gasteiger charge is 2.38. The molecule has 3 atom stereocenters. The number of anilines is 1. The average molecular weight is 347 g/mol. The van der Waals surface area contributed by atoms with Gasteiger partial charge in [-0.05, 0) is 60.7 Å². The molecule has 26 heavy (non-hydrogen) atoms. The lowest BCUT2D eigenvalue weighted by molar-refractivity contribution is 0.0600. The predicted molar refractivity (Wildman–Crippen MR) is 101 cm³/mol. The first-order valence-corrected chi connectivity index (χ1v) is 8.85.